The molecule has 0 unspecified atom stereocenters. The van der Waals surface area contributed by atoms with Gasteiger partial charge in [0.25, 0.3) is 0 Å². The molecular weight excluding hydrogens is 502 g/mol. The number of nitrogens with one attached hydrogen (secondary N) is 3. The largest absolute Gasteiger partial charge is 0.393 e. The van der Waals surface area contributed by atoms with Crippen LogP contribution in [0.2, 0.25) is 0 Å². The Morgan fingerprint density at radius 1 is 0.850 bits per heavy atom. The molecule has 4 aliphatic rings. The topological polar surface area (TPSA) is 111 Å². The molecule has 4 aliphatic carbocycles. The van der Waals surface area contributed by atoms with E-state index in [0.717, 1.165) is 71.0 Å². The van der Waals surface area contributed by atoms with Crippen LogP contribution in [0.5, 0.6) is 0 Å². The smallest absolute Gasteiger partial charge is 0.220 e. The predicted octanol–water partition coefficient (Wildman–Crippen LogP) is 4.41. The zero-order valence-corrected chi connectivity index (χ0v) is 25.9. The summed E-state index contributed by atoms with van der Waals surface area (Å²) in [7, 11) is 0. The molecule has 0 aromatic carbocycles. The van der Waals surface area contributed by atoms with E-state index < -0.39 is 0 Å². The monoisotopic (exact) mass is 561 g/mol. The van der Waals surface area contributed by atoms with Gasteiger partial charge in [-0.1, -0.05) is 20.8 Å². The van der Waals surface area contributed by atoms with Crippen molar-refractivity contribution in [2.45, 2.75) is 123 Å². The van der Waals surface area contributed by atoms with E-state index in [1.807, 2.05) is 0 Å². The first-order valence-electron chi connectivity index (χ1n) is 16.6. The summed E-state index contributed by atoms with van der Waals surface area (Å²) in [5, 5.41) is 31.1. The Balaban J connectivity index is 1.18. The molecule has 2 amide bonds. The molecule has 7 heteroatoms. The molecule has 4 rings (SSSR count). The summed E-state index contributed by atoms with van der Waals surface area (Å²) < 4.78 is 0. The quantitative estimate of drug-likeness (QED) is 0.214. The number of rotatable bonds is 13. The number of fused-ring (bicyclic) bond motifs is 5. The Labute approximate surface area is 243 Å². The molecular formula is C33H59N3O4. The number of carbonyl (C=O) groups excluding carboxylic acids is 2. The van der Waals surface area contributed by atoms with Gasteiger partial charge < -0.3 is 26.2 Å². The van der Waals surface area contributed by atoms with Crippen molar-refractivity contribution in [3.63, 3.8) is 0 Å². The van der Waals surface area contributed by atoms with Gasteiger partial charge in [0.15, 0.2) is 0 Å². The molecule has 230 valence electrons. The van der Waals surface area contributed by atoms with Crippen molar-refractivity contribution in [2.75, 3.05) is 26.2 Å². The molecule has 40 heavy (non-hydrogen) atoms. The highest BCUT2D eigenvalue weighted by molar-refractivity contribution is 5.75. The van der Waals surface area contributed by atoms with Crippen molar-refractivity contribution in [2.24, 2.45) is 46.3 Å². The fraction of sp³-hybridized carbons (Fsp3) is 0.939. The molecule has 0 bridgehead atoms. The maximum absolute atomic E-state index is 12.6. The van der Waals surface area contributed by atoms with Gasteiger partial charge in [-0.3, -0.25) is 9.59 Å². The third-order valence-electron chi connectivity index (χ3n) is 12.2. The van der Waals surface area contributed by atoms with Crippen LogP contribution >= 0.6 is 0 Å². The average Bonchev–Trinajstić information content (AvgIpc) is 3.26. The van der Waals surface area contributed by atoms with Crippen LogP contribution in [-0.2, 0) is 9.59 Å². The molecule has 0 aliphatic heterocycles. The van der Waals surface area contributed by atoms with E-state index >= 15 is 0 Å². The number of unbranched alkanes of at least 4 members (excludes halogenated alkanes) is 1. The summed E-state index contributed by atoms with van der Waals surface area (Å²) >= 11 is 0. The molecule has 0 heterocycles. The molecule has 0 radical (unpaired) electrons. The van der Waals surface area contributed by atoms with Gasteiger partial charge in [0.2, 0.25) is 11.8 Å². The van der Waals surface area contributed by atoms with Crippen molar-refractivity contribution in [1.82, 2.24) is 16.0 Å². The molecule has 4 saturated carbocycles. The Kier molecular flexibility index (Phi) is 11.0. The Bertz CT molecular complexity index is 854. The normalized spacial score (nSPS) is 39.5. The molecule has 0 aromatic rings. The van der Waals surface area contributed by atoms with Crippen LogP contribution in [0.4, 0.5) is 0 Å². The number of aliphatic hydroxyl groups is 2. The molecule has 10 atom stereocenters. The Hall–Kier alpha value is -1.18. The van der Waals surface area contributed by atoms with Gasteiger partial charge in [-0.25, -0.2) is 0 Å². The maximum Gasteiger partial charge on any atom is 0.220 e. The van der Waals surface area contributed by atoms with Crippen LogP contribution in [0.1, 0.15) is 111 Å². The number of aliphatic hydroxyl groups excluding tert-OH is 2. The fourth-order valence-corrected chi connectivity index (χ4v) is 10.0. The summed E-state index contributed by atoms with van der Waals surface area (Å²) in [6.45, 7) is 12.2. The first kappa shape index (κ1) is 31.7. The van der Waals surface area contributed by atoms with Crippen molar-refractivity contribution < 1.29 is 19.8 Å². The number of hydrogen-bond acceptors (Lipinski definition) is 5. The highest BCUT2D eigenvalue weighted by Crippen LogP contribution is 2.68. The first-order chi connectivity index (χ1) is 19.1. The van der Waals surface area contributed by atoms with E-state index in [2.05, 4.69) is 36.7 Å². The number of carbonyl (C=O) groups is 2. The lowest BCUT2D eigenvalue weighted by Gasteiger charge is -2.62. The van der Waals surface area contributed by atoms with E-state index in [0.29, 0.717) is 48.5 Å². The van der Waals surface area contributed by atoms with Gasteiger partial charge >= 0.3 is 0 Å². The minimum Gasteiger partial charge on any atom is -0.393 e. The lowest BCUT2D eigenvalue weighted by atomic mass is 9.43. The highest BCUT2D eigenvalue weighted by Gasteiger charge is 2.62. The lowest BCUT2D eigenvalue weighted by Crippen LogP contribution is -2.58. The van der Waals surface area contributed by atoms with E-state index in [1.54, 1.807) is 6.92 Å². The van der Waals surface area contributed by atoms with Crippen molar-refractivity contribution in [3.05, 3.63) is 0 Å². The molecule has 0 saturated heterocycles. The van der Waals surface area contributed by atoms with Gasteiger partial charge in [0.1, 0.15) is 0 Å². The second-order valence-electron chi connectivity index (χ2n) is 14.6. The van der Waals surface area contributed by atoms with Crippen molar-refractivity contribution >= 4 is 11.8 Å². The second kappa shape index (κ2) is 13.9. The minimum atomic E-state index is -0.226. The zero-order chi connectivity index (χ0) is 28.9. The Morgan fingerprint density at radius 2 is 1.52 bits per heavy atom. The maximum atomic E-state index is 12.6. The lowest BCUT2D eigenvalue weighted by molar-refractivity contribution is -0.174. The summed E-state index contributed by atoms with van der Waals surface area (Å²) in [5.41, 5.74) is 0.540. The van der Waals surface area contributed by atoms with Gasteiger partial charge in [-0.2, -0.15) is 0 Å². The third kappa shape index (κ3) is 7.06. The van der Waals surface area contributed by atoms with Gasteiger partial charge in [-0.05, 0) is 136 Å². The van der Waals surface area contributed by atoms with E-state index in [4.69, 9.17) is 0 Å². The molecule has 0 spiro atoms. The SMILES string of the molecule is CC(=O)NCCCCNCCCNC(=O)CC[C@@H](C)[C@H]1CC[C@H]2[C@@H]3[C@H](O)C[C@@H]4C[C@H](O)CC[C@]4(C)[C@H]3CC[C@]12C. The van der Waals surface area contributed by atoms with Crippen molar-refractivity contribution in [1.29, 1.82) is 0 Å². The van der Waals surface area contributed by atoms with Crippen molar-refractivity contribution in [3.8, 4) is 0 Å². The van der Waals surface area contributed by atoms with Crippen LogP contribution in [0, 0.1) is 46.3 Å². The van der Waals surface area contributed by atoms with E-state index in [1.165, 1.54) is 25.7 Å². The number of hydrogen-bond donors (Lipinski definition) is 5. The van der Waals surface area contributed by atoms with Crippen LogP contribution < -0.4 is 16.0 Å². The van der Waals surface area contributed by atoms with Crippen LogP contribution in [-0.4, -0.2) is 60.4 Å². The molecule has 0 aromatic heterocycles. The second-order valence-corrected chi connectivity index (χ2v) is 14.6. The summed E-state index contributed by atoms with van der Waals surface area (Å²) in [4.78, 5) is 23.5. The zero-order valence-electron chi connectivity index (χ0n) is 25.9. The van der Waals surface area contributed by atoms with E-state index in [9.17, 15) is 19.8 Å². The van der Waals surface area contributed by atoms with E-state index in [-0.39, 0.29) is 34.9 Å². The summed E-state index contributed by atoms with van der Waals surface area (Å²) in [6, 6.07) is 0. The van der Waals surface area contributed by atoms with Gasteiger partial charge in [0, 0.05) is 26.4 Å². The molecule has 5 N–H and O–H groups in total. The highest BCUT2D eigenvalue weighted by atomic mass is 16.3. The van der Waals surface area contributed by atoms with Crippen LogP contribution in [0.3, 0.4) is 0 Å². The van der Waals surface area contributed by atoms with Crippen LogP contribution in [0.15, 0.2) is 0 Å². The molecule has 7 nitrogen and oxygen atoms in total. The average molecular weight is 562 g/mol. The predicted molar refractivity (Wildman–Crippen MR) is 159 cm³/mol. The standard InChI is InChI=1S/C33H59N3O4/c1-22(8-11-30(40)36-19-7-17-34-16-5-6-18-35-23(2)37)26-9-10-27-31-28(13-15-33(26,27)4)32(3)14-12-25(38)20-24(32)21-29(31)39/h22,24-29,31,34,38-39H,5-21H2,1-4H3,(H,35,37)(H,36,40)/t22-,24+,25-,26-,27+,28+,29-,31+,32+,33-/m1/s1. The third-order valence-corrected chi connectivity index (χ3v) is 12.2. The minimum absolute atomic E-state index is 0.0283. The number of amides is 2. The molecule has 4 fully saturated rings. The first-order valence-corrected chi connectivity index (χ1v) is 16.6. The van der Waals surface area contributed by atoms with Crippen LogP contribution in [0.25, 0.3) is 0 Å². The van der Waals surface area contributed by atoms with Gasteiger partial charge in [-0.15, -0.1) is 0 Å². The fourth-order valence-electron chi connectivity index (χ4n) is 10.0. The van der Waals surface area contributed by atoms with Gasteiger partial charge in [0.05, 0.1) is 12.2 Å². The Morgan fingerprint density at radius 3 is 2.30 bits per heavy atom. The summed E-state index contributed by atoms with van der Waals surface area (Å²) in [6.07, 6.45) is 12.8. The summed E-state index contributed by atoms with van der Waals surface area (Å²) in [5.74, 6) is 3.39.